The Balaban J connectivity index is 1.66. The van der Waals surface area contributed by atoms with E-state index in [1.807, 2.05) is 6.92 Å². The molecule has 7 rings (SSSR count). The molecule has 0 saturated heterocycles. The van der Waals surface area contributed by atoms with Gasteiger partial charge in [0.15, 0.2) is 17.1 Å². The number of phenolic OH excluding ortho intramolecular Hbond substituents is 3. The van der Waals surface area contributed by atoms with E-state index in [1.165, 1.54) is 18.2 Å². The van der Waals surface area contributed by atoms with E-state index >= 15 is 0 Å². The van der Waals surface area contributed by atoms with Crippen molar-refractivity contribution in [3.63, 3.8) is 0 Å². The summed E-state index contributed by atoms with van der Waals surface area (Å²) in [6.45, 7) is 1.88. The second-order valence-corrected chi connectivity index (χ2v) is 13.6. The first-order valence-corrected chi connectivity index (χ1v) is 13.9. The summed E-state index contributed by atoms with van der Waals surface area (Å²) in [5.74, 6) is -5.77. The second kappa shape index (κ2) is 8.14. The Hall–Kier alpha value is -1.77. The molecule has 1 aliphatic heterocycles. The third kappa shape index (κ3) is 2.85. The molecule has 4 saturated carbocycles. The number of carboxylic acid groups (broad SMARTS) is 1. The van der Waals surface area contributed by atoms with Crippen molar-refractivity contribution in [3.8, 4) is 28.6 Å². The third-order valence-corrected chi connectivity index (χ3v) is 13.2. The highest BCUT2D eigenvalue weighted by Gasteiger charge is 2.87. The molecule has 8 atom stereocenters. The zero-order chi connectivity index (χ0) is 27.7. The first-order valence-electron chi connectivity index (χ1n) is 11.9. The van der Waals surface area contributed by atoms with Gasteiger partial charge in [-0.2, -0.15) is 0 Å². The summed E-state index contributed by atoms with van der Waals surface area (Å²) in [6, 6.07) is 5.32. The minimum atomic E-state index is -1.54. The highest BCUT2D eigenvalue weighted by atomic mass is 35.5. The van der Waals surface area contributed by atoms with Crippen LogP contribution >= 0.6 is 58.0 Å². The van der Waals surface area contributed by atoms with Crippen LogP contribution < -0.4 is 5.43 Å². The minimum Gasteiger partial charge on any atom is -0.504 e. The molecule has 1 aromatic rings. The van der Waals surface area contributed by atoms with E-state index in [2.05, 4.69) is 0 Å². The molecular formula is C26H21Cl5O7. The van der Waals surface area contributed by atoms with Crippen molar-refractivity contribution in [2.45, 2.75) is 45.6 Å². The van der Waals surface area contributed by atoms with Gasteiger partial charge in [0.2, 0.25) is 16.9 Å². The number of aliphatic carboxylic acids is 1. The van der Waals surface area contributed by atoms with Gasteiger partial charge in [-0.25, -0.2) is 0 Å². The van der Waals surface area contributed by atoms with Crippen LogP contribution in [0.3, 0.4) is 0 Å². The normalized spacial score (nSPS) is 37.5. The number of fused-ring (bicyclic) bond motifs is 4. The number of hydrogen-bond acceptors (Lipinski definition) is 6. The summed E-state index contributed by atoms with van der Waals surface area (Å²) < 4.78 is 4.19. The van der Waals surface area contributed by atoms with Crippen molar-refractivity contribution in [2.24, 2.45) is 23.2 Å². The lowest BCUT2D eigenvalue weighted by Crippen LogP contribution is -2.86. The summed E-state index contributed by atoms with van der Waals surface area (Å²) in [5.41, 5.74) is -1.19. The first-order chi connectivity index (χ1) is 17.7. The molecule has 6 aliphatic rings. The van der Waals surface area contributed by atoms with Crippen LogP contribution in [0.5, 0.6) is 17.2 Å². The predicted octanol–water partition coefficient (Wildman–Crippen LogP) is 6.23. The third-order valence-electron chi connectivity index (χ3n) is 9.38. The van der Waals surface area contributed by atoms with Crippen LogP contribution in [0.4, 0.5) is 0 Å². The molecule has 4 fully saturated rings. The summed E-state index contributed by atoms with van der Waals surface area (Å²) in [5, 5.41) is 40.7. The fraction of sp³-hybridized carbons (Fsp3) is 0.462. The number of carbonyl (C=O) groups is 1. The molecule has 202 valence electrons. The van der Waals surface area contributed by atoms with Gasteiger partial charge in [-0.15, -0.1) is 34.8 Å². The van der Waals surface area contributed by atoms with Crippen molar-refractivity contribution in [3.05, 3.63) is 40.1 Å². The fourth-order valence-electron chi connectivity index (χ4n) is 7.56. The highest BCUT2D eigenvalue weighted by Crippen LogP contribution is 2.83. The minimum absolute atomic E-state index is 0.0899. The molecular weight excluding hydrogens is 602 g/mol. The molecule has 1 heterocycles. The molecule has 0 radical (unpaired) electrons. The Bertz CT molecular complexity index is 1560. The van der Waals surface area contributed by atoms with Crippen molar-refractivity contribution in [2.75, 3.05) is 0 Å². The Morgan fingerprint density at radius 3 is 2.39 bits per heavy atom. The van der Waals surface area contributed by atoms with Crippen LogP contribution in [0.15, 0.2) is 33.5 Å². The predicted molar refractivity (Wildman–Crippen MR) is 145 cm³/mol. The van der Waals surface area contributed by atoms with Gasteiger partial charge < -0.3 is 24.8 Å². The Morgan fingerprint density at radius 1 is 1.05 bits per heavy atom. The topological polar surface area (TPSA) is 128 Å². The zero-order valence-electron chi connectivity index (χ0n) is 19.6. The standard InChI is InChI=1S/C26H21Cl5O7/c1-8-17(27)22(28)25(29)15-6-11(23(36)37)12(7-24(8,15)26(25,30)31)16-9-2-4-13(32)18(34)20(9)38-21-10(16)3-5-14(33)19(21)35/h2-5,8,11-12,15,17,22,32,34-35H,6-7H2,1H3,(H,36,37). The van der Waals surface area contributed by atoms with Crippen LogP contribution in [0.1, 0.15) is 31.2 Å². The van der Waals surface area contributed by atoms with Crippen molar-refractivity contribution in [1.82, 2.24) is 0 Å². The molecule has 0 amide bonds. The molecule has 7 nitrogen and oxygen atoms in total. The Morgan fingerprint density at radius 2 is 1.74 bits per heavy atom. The first kappa shape index (κ1) is 26.5. The van der Waals surface area contributed by atoms with E-state index in [-0.39, 0.29) is 35.7 Å². The summed E-state index contributed by atoms with van der Waals surface area (Å²) in [6.07, 6.45) is 0.229. The second-order valence-electron chi connectivity index (χ2n) is 10.7. The van der Waals surface area contributed by atoms with Crippen molar-refractivity contribution >= 4 is 74.9 Å². The van der Waals surface area contributed by atoms with Gasteiger partial charge in [0.25, 0.3) is 0 Å². The quantitative estimate of drug-likeness (QED) is 0.152. The van der Waals surface area contributed by atoms with E-state index in [1.54, 1.807) is 0 Å². The largest absolute Gasteiger partial charge is 0.504 e. The van der Waals surface area contributed by atoms with Gasteiger partial charge in [0.1, 0.15) is 4.33 Å². The molecule has 1 aromatic carbocycles. The van der Waals surface area contributed by atoms with Gasteiger partial charge in [-0.1, -0.05) is 30.1 Å². The average Bonchev–Trinajstić information content (AvgIpc) is 2.88. The van der Waals surface area contributed by atoms with Gasteiger partial charge in [-0.3, -0.25) is 9.59 Å². The maximum atomic E-state index is 12.8. The average molecular weight is 623 g/mol. The summed E-state index contributed by atoms with van der Waals surface area (Å²) in [7, 11) is 0. The molecule has 38 heavy (non-hydrogen) atoms. The Labute approximate surface area is 241 Å². The lowest BCUT2D eigenvalue weighted by molar-refractivity contribution is -0.176. The monoisotopic (exact) mass is 620 g/mol. The van der Waals surface area contributed by atoms with Crippen LogP contribution in [-0.2, 0) is 4.79 Å². The van der Waals surface area contributed by atoms with Gasteiger partial charge in [-0.05, 0) is 60.4 Å². The Kier molecular flexibility index (Phi) is 5.66. The number of phenols is 3. The van der Waals surface area contributed by atoms with Crippen LogP contribution in [0.25, 0.3) is 22.3 Å². The van der Waals surface area contributed by atoms with Crippen molar-refractivity contribution in [1.29, 1.82) is 0 Å². The number of halogens is 5. The van der Waals surface area contributed by atoms with E-state index in [9.17, 15) is 30.0 Å². The highest BCUT2D eigenvalue weighted by molar-refractivity contribution is 6.57. The number of hydrogen-bond donors (Lipinski definition) is 4. The lowest BCUT2D eigenvalue weighted by Gasteiger charge is -2.78. The maximum Gasteiger partial charge on any atom is 0.307 e. The van der Waals surface area contributed by atoms with Crippen LogP contribution in [-0.4, -0.2) is 46.4 Å². The maximum absolute atomic E-state index is 12.8. The molecule has 0 aromatic heterocycles. The fourth-order valence-corrected chi connectivity index (χ4v) is 10.5. The van der Waals surface area contributed by atoms with Gasteiger partial charge in [0, 0.05) is 16.4 Å². The molecule has 1 spiro atoms. The van der Waals surface area contributed by atoms with Crippen LogP contribution in [0, 0.1) is 23.2 Å². The summed E-state index contributed by atoms with van der Waals surface area (Å²) >= 11 is 34.5. The molecule has 12 heteroatoms. The number of rotatable bonds is 2. The molecule has 2 bridgehead atoms. The smallest absolute Gasteiger partial charge is 0.307 e. The molecule has 8 unspecified atom stereocenters. The van der Waals surface area contributed by atoms with Crippen LogP contribution in [0.2, 0.25) is 0 Å². The SMILES string of the molecule is CC1C(Cl)C(Cl)C2(Cl)C3CC(C(=O)O)C(c4c5ccc(=O)c(O)c-5oc5c(O)c(O)ccc45)CC13C2(Cl)Cl. The molecule has 5 aliphatic carbocycles. The van der Waals surface area contributed by atoms with E-state index in [0.717, 1.165) is 6.07 Å². The number of carboxylic acids is 1. The number of aromatic hydroxyl groups is 3. The summed E-state index contributed by atoms with van der Waals surface area (Å²) in [4.78, 5) is 23.7. The van der Waals surface area contributed by atoms with Gasteiger partial charge >= 0.3 is 5.97 Å². The lowest BCUT2D eigenvalue weighted by atomic mass is 9.36. The van der Waals surface area contributed by atoms with E-state index < -0.39 is 71.8 Å². The van der Waals surface area contributed by atoms with Crippen molar-refractivity contribution < 1.29 is 29.6 Å². The number of benzene rings is 2. The van der Waals surface area contributed by atoms with Gasteiger partial charge in [0.05, 0.1) is 21.5 Å². The number of alkyl halides is 5. The zero-order valence-corrected chi connectivity index (χ0v) is 23.4. The van der Waals surface area contributed by atoms with E-state index in [4.69, 9.17) is 62.4 Å². The van der Waals surface area contributed by atoms with E-state index in [0.29, 0.717) is 10.9 Å². The molecule has 4 N–H and O–H groups in total.